The number of rotatable bonds is 6. The van der Waals surface area contributed by atoms with E-state index in [0.29, 0.717) is 23.8 Å². The Morgan fingerprint density at radius 2 is 1.75 bits per heavy atom. The van der Waals surface area contributed by atoms with Gasteiger partial charge in [0.15, 0.2) is 0 Å². The fraction of sp³-hybridized carbons (Fsp3) is 0.600. The van der Waals surface area contributed by atoms with Gasteiger partial charge in [0.05, 0.1) is 13.0 Å². The van der Waals surface area contributed by atoms with Gasteiger partial charge < -0.3 is 9.47 Å². The molecule has 0 saturated heterocycles. The highest BCUT2D eigenvalue weighted by molar-refractivity contribution is 5.38. The molecule has 1 aromatic carbocycles. The van der Waals surface area contributed by atoms with Crippen molar-refractivity contribution in [2.75, 3.05) is 13.7 Å². The molecule has 0 bridgehead atoms. The van der Waals surface area contributed by atoms with Crippen LogP contribution in [0.3, 0.4) is 0 Å². The monoisotopic (exact) mass is 290 g/mol. The second kappa shape index (κ2) is 6.48. The molecule has 0 amide bonds. The molecule has 0 spiro atoms. The number of benzene rings is 1. The van der Waals surface area contributed by atoms with E-state index in [2.05, 4.69) is 0 Å². The largest absolute Gasteiger partial charge is 0.493 e. The minimum atomic E-state index is -4.31. The lowest BCUT2D eigenvalue weighted by Gasteiger charge is -2.31. The number of hydrogen-bond acceptors (Lipinski definition) is 2. The van der Waals surface area contributed by atoms with Crippen LogP contribution in [-0.2, 0) is 10.3 Å². The highest BCUT2D eigenvalue weighted by Crippen LogP contribution is 2.40. The summed E-state index contributed by atoms with van der Waals surface area (Å²) in [4.78, 5) is 0. The molecule has 0 N–H and O–H groups in total. The van der Waals surface area contributed by atoms with Crippen LogP contribution >= 0.6 is 0 Å². The van der Waals surface area contributed by atoms with Crippen molar-refractivity contribution in [2.24, 2.45) is 5.92 Å². The van der Waals surface area contributed by atoms with E-state index in [9.17, 15) is 13.2 Å². The smallest absolute Gasteiger partial charge is 0.392 e. The molecule has 0 aliphatic carbocycles. The van der Waals surface area contributed by atoms with Gasteiger partial charge in [0.25, 0.3) is 0 Å². The zero-order valence-electron chi connectivity index (χ0n) is 12.3. The molecule has 0 aliphatic heterocycles. The van der Waals surface area contributed by atoms with Crippen LogP contribution in [0, 0.1) is 5.92 Å². The van der Waals surface area contributed by atoms with Crippen molar-refractivity contribution >= 4 is 0 Å². The molecule has 0 aromatic heterocycles. The zero-order chi connectivity index (χ0) is 15.4. The molecule has 1 atom stereocenters. The van der Waals surface area contributed by atoms with Crippen LogP contribution in [0.2, 0.25) is 0 Å². The Balaban J connectivity index is 3.08. The molecule has 0 fully saturated rings. The third kappa shape index (κ3) is 4.71. The molecule has 0 radical (unpaired) electrons. The van der Waals surface area contributed by atoms with Crippen LogP contribution in [0.5, 0.6) is 5.75 Å². The summed E-state index contributed by atoms with van der Waals surface area (Å²) in [5, 5.41) is 0. The lowest BCUT2D eigenvalue weighted by Crippen LogP contribution is -2.32. The second-order valence-corrected chi connectivity index (χ2v) is 5.43. The first kappa shape index (κ1) is 16.8. The molecule has 1 aromatic rings. The summed E-state index contributed by atoms with van der Waals surface area (Å²) in [6, 6.07) is 6.71. The number of methoxy groups -OCH3 is 1. The van der Waals surface area contributed by atoms with Gasteiger partial charge in [0, 0.05) is 12.7 Å². The highest BCUT2D eigenvalue weighted by atomic mass is 19.4. The number of hydrogen-bond donors (Lipinski definition) is 0. The maximum absolute atomic E-state index is 12.7. The maximum Gasteiger partial charge on any atom is 0.392 e. The predicted molar refractivity (Wildman–Crippen MR) is 71.8 cm³/mol. The first-order valence-corrected chi connectivity index (χ1v) is 6.52. The number of halogens is 3. The predicted octanol–water partition coefficient (Wildman–Crippen LogP) is 4.54. The standard InChI is InChI=1S/C15H21F3O2/c1-11(2)9-20-13-8-6-5-7-12(13)14(3,19-4)10-15(16,17)18/h5-8,11H,9-10H2,1-4H3. The van der Waals surface area contributed by atoms with E-state index in [-0.39, 0.29) is 0 Å². The Labute approximate surface area is 117 Å². The van der Waals surface area contributed by atoms with Crippen molar-refractivity contribution in [2.45, 2.75) is 39.0 Å². The number of alkyl halides is 3. The molecule has 0 aliphatic rings. The summed E-state index contributed by atoms with van der Waals surface area (Å²) in [7, 11) is 1.28. The number of para-hydroxylation sites is 1. The van der Waals surface area contributed by atoms with Crippen LogP contribution in [0.1, 0.15) is 32.8 Å². The Bertz CT molecular complexity index is 429. The van der Waals surface area contributed by atoms with Gasteiger partial charge in [-0.25, -0.2) is 0 Å². The summed E-state index contributed by atoms with van der Waals surface area (Å²) in [5.74, 6) is 0.731. The second-order valence-electron chi connectivity index (χ2n) is 5.43. The van der Waals surface area contributed by atoms with Gasteiger partial charge in [-0.15, -0.1) is 0 Å². The first-order chi connectivity index (χ1) is 9.18. The van der Waals surface area contributed by atoms with Gasteiger partial charge in [-0.1, -0.05) is 32.0 Å². The topological polar surface area (TPSA) is 18.5 Å². The normalized spacial score (nSPS) is 15.2. The van der Waals surface area contributed by atoms with Crippen LogP contribution in [0.4, 0.5) is 13.2 Å². The lowest BCUT2D eigenvalue weighted by molar-refractivity contribution is -0.182. The molecular formula is C15H21F3O2. The molecule has 2 nitrogen and oxygen atoms in total. The summed E-state index contributed by atoms with van der Waals surface area (Å²) < 4.78 is 49.0. The van der Waals surface area contributed by atoms with Gasteiger partial charge in [0.2, 0.25) is 0 Å². The summed E-state index contributed by atoms with van der Waals surface area (Å²) >= 11 is 0. The quantitative estimate of drug-likeness (QED) is 0.766. The first-order valence-electron chi connectivity index (χ1n) is 6.52. The van der Waals surface area contributed by atoms with Crippen LogP contribution < -0.4 is 4.74 Å². The maximum atomic E-state index is 12.7. The summed E-state index contributed by atoms with van der Waals surface area (Å²) in [6.45, 7) is 5.84. The van der Waals surface area contributed by atoms with Crippen molar-refractivity contribution < 1.29 is 22.6 Å². The molecule has 5 heteroatoms. The molecule has 114 valence electrons. The van der Waals surface area contributed by atoms with E-state index in [4.69, 9.17) is 9.47 Å². The van der Waals surface area contributed by atoms with Gasteiger partial charge in [-0.2, -0.15) is 13.2 Å². The van der Waals surface area contributed by atoms with E-state index in [1.165, 1.54) is 14.0 Å². The summed E-state index contributed by atoms with van der Waals surface area (Å²) in [6.07, 6.45) is -5.37. The Morgan fingerprint density at radius 3 is 2.25 bits per heavy atom. The SMILES string of the molecule is COC(C)(CC(F)(F)F)c1ccccc1OCC(C)C. The Morgan fingerprint density at radius 1 is 1.15 bits per heavy atom. The lowest BCUT2D eigenvalue weighted by atomic mass is 9.91. The highest BCUT2D eigenvalue weighted by Gasteiger charge is 2.42. The molecule has 0 saturated carbocycles. The minimum absolute atomic E-state index is 0.291. The van der Waals surface area contributed by atoms with Gasteiger partial charge in [0.1, 0.15) is 11.4 Å². The van der Waals surface area contributed by atoms with Crippen LogP contribution in [0.25, 0.3) is 0 Å². The fourth-order valence-corrected chi connectivity index (χ4v) is 1.95. The van der Waals surface area contributed by atoms with Crippen molar-refractivity contribution in [1.82, 2.24) is 0 Å². The Kier molecular flexibility index (Phi) is 5.45. The minimum Gasteiger partial charge on any atom is -0.493 e. The third-order valence-corrected chi connectivity index (χ3v) is 3.02. The average molecular weight is 290 g/mol. The average Bonchev–Trinajstić information content (AvgIpc) is 2.34. The summed E-state index contributed by atoms with van der Waals surface area (Å²) in [5.41, 5.74) is -1.04. The molecule has 0 heterocycles. The fourth-order valence-electron chi connectivity index (χ4n) is 1.95. The van der Waals surface area contributed by atoms with E-state index >= 15 is 0 Å². The van der Waals surface area contributed by atoms with Crippen LogP contribution in [-0.4, -0.2) is 19.9 Å². The van der Waals surface area contributed by atoms with E-state index in [0.717, 1.165) is 0 Å². The van der Waals surface area contributed by atoms with Crippen molar-refractivity contribution in [3.63, 3.8) is 0 Å². The van der Waals surface area contributed by atoms with Gasteiger partial charge in [-0.3, -0.25) is 0 Å². The van der Waals surface area contributed by atoms with Crippen LogP contribution in [0.15, 0.2) is 24.3 Å². The van der Waals surface area contributed by atoms with E-state index < -0.39 is 18.2 Å². The van der Waals surface area contributed by atoms with Crippen molar-refractivity contribution in [3.8, 4) is 5.75 Å². The van der Waals surface area contributed by atoms with Gasteiger partial charge >= 0.3 is 6.18 Å². The molecule has 1 unspecified atom stereocenters. The van der Waals surface area contributed by atoms with E-state index in [1.54, 1.807) is 24.3 Å². The van der Waals surface area contributed by atoms with Gasteiger partial charge in [-0.05, 0) is 18.9 Å². The zero-order valence-corrected chi connectivity index (χ0v) is 12.3. The molecular weight excluding hydrogens is 269 g/mol. The van der Waals surface area contributed by atoms with Crippen molar-refractivity contribution in [3.05, 3.63) is 29.8 Å². The Hall–Kier alpha value is -1.23. The number of ether oxygens (including phenoxy) is 2. The third-order valence-electron chi connectivity index (χ3n) is 3.02. The molecule has 20 heavy (non-hydrogen) atoms. The molecule has 1 rings (SSSR count). The van der Waals surface area contributed by atoms with E-state index in [1.807, 2.05) is 13.8 Å². The van der Waals surface area contributed by atoms with Crippen molar-refractivity contribution in [1.29, 1.82) is 0 Å².